The molecule has 0 aliphatic heterocycles. The van der Waals surface area contributed by atoms with Crippen LogP contribution in [0, 0.1) is 0 Å². The van der Waals surface area contributed by atoms with E-state index in [0.29, 0.717) is 22.6 Å². The van der Waals surface area contributed by atoms with E-state index in [1.165, 1.54) is 17.0 Å². The van der Waals surface area contributed by atoms with E-state index in [4.69, 9.17) is 5.73 Å². The van der Waals surface area contributed by atoms with Crippen LogP contribution in [0.15, 0.2) is 102 Å². The Kier molecular flexibility index (Phi) is 7.69. The topological polar surface area (TPSA) is 120 Å². The number of hydrogen-bond acceptors (Lipinski definition) is 6. The molecular weight excluding hydrogens is 514 g/mol. The molecule has 3 N–H and O–H groups in total. The highest BCUT2D eigenvalue weighted by molar-refractivity contribution is 6.03. The predicted octanol–water partition coefficient (Wildman–Crippen LogP) is 5.25. The average Bonchev–Trinajstić information content (AvgIpc) is 3.27. The number of aryl methyl sites for hydroxylation is 1. The molecule has 0 saturated heterocycles. The second-order valence-corrected chi connectivity index (χ2v) is 9.39. The van der Waals surface area contributed by atoms with Crippen molar-refractivity contribution in [1.29, 1.82) is 0 Å². The first-order valence-corrected chi connectivity index (χ1v) is 13.0. The molecule has 0 bridgehead atoms. The van der Waals surface area contributed by atoms with Crippen LogP contribution in [0.1, 0.15) is 40.1 Å². The van der Waals surface area contributed by atoms with E-state index >= 15 is 0 Å². The van der Waals surface area contributed by atoms with Gasteiger partial charge in [0.05, 0.1) is 11.4 Å². The number of amides is 1. The van der Waals surface area contributed by atoms with Gasteiger partial charge in [-0.2, -0.15) is 5.10 Å². The molecule has 2 aromatic carbocycles. The molecule has 1 atom stereocenters. The van der Waals surface area contributed by atoms with E-state index < -0.39 is 11.9 Å². The zero-order chi connectivity index (χ0) is 28.9. The van der Waals surface area contributed by atoms with Crippen molar-refractivity contribution in [2.75, 3.05) is 5.73 Å². The van der Waals surface area contributed by atoms with Crippen molar-refractivity contribution in [3.05, 3.63) is 125 Å². The Balaban J connectivity index is 1.62. The molecule has 1 amide bonds. The largest absolute Gasteiger partial charge is 0.381 e. The molecule has 0 aliphatic rings. The molecule has 204 valence electrons. The van der Waals surface area contributed by atoms with Crippen LogP contribution < -0.4 is 16.6 Å². The average molecular weight is 544 g/mol. The van der Waals surface area contributed by atoms with Crippen LogP contribution in [0.5, 0.6) is 0 Å². The zero-order valence-corrected chi connectivity index (χ0v) is 22.7. The number of anilines is 1. The van der Waals surface area contributed by atoms with Gasteiger partial charge in [-0.05, 0) is 47.7 Å². The number of pyridine rings is 2. The number of nitrogen functional groups attached to an aromatic ring is 1. The smallest absolute Gasteiger partial charge is 0.263 e. The lowest BCUT2D eigenvalue weighted by Gasteiger charge is -2.21. The second-order valence-electron chi connectivity index (χ2n) is 9.39. The van der Waals surface area contributed by atoms with Gasteiger partial charge < -0.3 is 11.1 Å². The first-order chi connectivity index (χ1) is 19.9. The van der Waals surface area contributed by atoms with E-state index in [1.54, 1.807) is 24.0 Å². The summed E-state index contributed by atoms with van der Waals surface area (Å²) in [6.07, 6.45) is 10.3. The number of carbonyl (C=O) groups is 1. The molecule has 0 saturated carbocycles. The number of nitrogens with two attached hydrogens (primary N) is 1. The van der Waals surface area contributed by atoms with Gasteiger partial charge in [-0.1, -0.05) is 67.3 Å². The monoisotopic (exact) mass is 543 g/mol. The fourth-order valence-electron chi connectivity index (χ4n) is 4.74. The third-order valence-electron chi connectivity index (χ3n) is 6.63. The molecule has 9 nitrogen and oxygen atoms in total. The van der Waals surface area contributed by atoms with Gasteiger partial charge in [0.25, 0.3) is 11.5 Å². The number of carbonyl (C=O) groups excluding carboxylic acids is 1. The van der Waals surface area contributed by atoms with Crippen LogP contribution in [0.2, 0.25) is 0 Å². The number of nitrogens with zero attached hydrogens (tertiary/aromatic N) is 5. The van der Waals surface area contributed by atoms with Crippen molar-refractivity contribution < 1.29 is 4.79 Å². The minimum Gasteiger partial charge on any atom is -0.381 e. The van der Waals surface area contributed by atoms with Crippen molar-refractivity contribution in [2.24, 2.45) is 12.0 Å². The lowest BCUT2D eigenvalue weighted by Crippen LogP contribution is -2.32. The minimum absolute atomic E-state index is 0.0532. The van der Waals surface area contributed by atoms with Crippen LogP contribution in [0.25, 0.3) is 28.6 Å². The Hall–Kier alpha value is -5.57. The van der Waals surface area contributed by atoms with Crippen LogP contribution in [-0.2, 0) is 7.05 Å². The molecule has 1 unspecified atom stereocenters. The standard InChI is InChI=1S/C32H29N7O2/c1-4-17-35-30-28(29(33)37-38(30)3)31(40)36-21(2)26-19-24-12-8-11-23(16-15-22-10-9-18-34-20-22)27(24)32(41)39(26)25-13-6-5-7-14-25/h4-21H,1H2,2-3H3,(H2,33,37)(H,36,40)/b16-15+,35-17-. The first kappa shape index (κ1) is 27.0. The molecule has 3 aromatic heterocycles. The summed E-state index contributed by atoms with van der Waals surface area (Å²) in [6.45, 7) is 5.45. The SMILES string of the molecule is C=C/C=N\c1c(C(=O)NC(C)c2cc3cccc(/C=C/c4cccnc4)c3c(=O)n2-c2ccccc2)c(N)nn1C. The summed E-state index contributed by atoms with van der Waals surface area (Å²) in [6, 6.07) is 20.2. The van der Waals surface area contributed by atoms with Crippen molar-refractivity contribution in [1.82, 2.24) is 24.6 Å². The summed E-state index contributed by atoms with van der Waals surface area (Å²) >= 11 is 0. The van der Waals surface area contributed by atoms with Crippen molar-refractivity contribution in [3.8, 4) is 5.69 Å². The van der Waals surface area contributed by atoms with Gasteiger partial charge in [0.2, 0.25) is 0 Å². The summed E-state index contributed by atoms with van der Waals surface area (Å²) in [5.74, 6) is -0.104. The zero-order valence-electron chi connectivity index (χ0n) is 22.7. The molecule has 0 spiro atoms. The number of rotatable bonds is 8. The van der Waals surface area contributed by atoms with E-state index in [9.17, 15) is 9.59 Å². The lowest BCUT2D eigenvalue weighted by atomic mass is 10.0. The molecule has 3 heterocycles. The summed E-state index contributed by atoms with van der Waals surface area (Å²) in [4.78, 5) is 36.1. The van der Waals surface area contributed by atoms with Gasteiger partial charge in [-0.3, -0.25) is 19.1 Å². The van der Waals surface area contributed by atoms with Crippen LogP contribution in [0.4, 0.5) is 11.6 Å². The molecule has 0 aliphatic carbocycles. The van der Waals surface area contributed by atoms with Crippen molar-refractivity contribution in [2.45, 2.75) is 13.0 Å². The van der Waals surface area contributed by atoms with Gasteiger partial charge in [0.15, 0.2) is 11.6 Å². The number of benzene rings is 2. The third-order valence-corrected chi connectivity index (χ3v) is 6.63. The third kappa shape index (κ3) is 5.46. The number of para-hydroxylation sites is 1. The minimum atomic E-state index is -0.578. The lowest BCUT2D eigenvalue weighted by molar-refractivity contribution is 0.0940. The Morgan fingerprint density at radius 2 is 1.90 bits per heavy atom. The van der Waals surface area contributed by atoms with Gasteiger partial charge in [0, 0.05) is 37.0 Å². The highest BCUT2D eigenvalue weighted by atomic mass is 16.2. The molecule has 5 rings (SSSR count). The molecule has 9 heteroatoms. The molecule has 0 fully saturated rings. The van der Waals surface area contributed by atoms with E-state index in [-0.39, 0.29) is 16.9 Å². The molecule has 5 aromatic rings. The fraction of sp³-hybridized carbons (Fsp3) is 0.0938. The predicted molar refractivity (Wildman–Crippen MR) is 165 cm³/mol. The first-order valence-electron chi connectivity index (χ1n) is 13.0. The Bertz CT molecular complexity index is 1850. The number of hydrogen-bond donors (Lipinski definition) is 2. The Morgan fingerprint density at radius 1 is 1.10 bits per heavy atom. The quantitative estimate of drug-likeness (QED) is 0.259. The van der Waals surface area contributed by atoms with E-state index in [2.05, 4.69) is 27.0 Å². The fourth-order valence-corrected chi connectivity index (χ4v) is 4.74. The number of allylic oxidation sites excluding steroid dienone is 1. The molecule has 41 heavy (non-hydrogen) atoms. The summed E-state index contributed by atoms with van der Waals surface area (Å²) < 4.78 is 3.07. The Morgan fingerprint density at radius 3 is 2.63 bits per heavy atom. The maximum absolute atomic E-state index is 14.2. The molecular formula is C32H29N7O2. The number of aliphatic imine (C=N–C) groups is 1. The van der Waals surface area contributed by atoms with Crippen LogP contribution >= 0.6 is 0 Å². The highest BCUT2D eigenvalue weighted by Crippen LogP contribution is 2.27. The van der Waals surface area contributed by atoms with Crippen molar-refractivity contribution in [3.63, 3.8) is 0 Å². The normalized spacial score (nSPS) is 12.2. The number of aromatic nitrogens is 4. The van der Waals surface area contributed by atoms with E-state index in [1.807, 2.05) is 85.8 Å². The van der Waals surface area contributed by atoms with E-state index in [0.717, 1.165) is 16.5 Å². The Labute approximate surface area is 237 Å². The van der Waals surface area contributed by atoms with Gasteiger partial charge in [-0.25, -0.2) is 9.67 Å². The van der Waals surface area contributed by atoms with Gasteiger partial charge >= 0.3 is 0 Å². The van der Waals surface area contributed by atoms with Gasteiger partial charge in [0.1, 0.15) is 5.56 Å². The van der Waals surface area contributed by atoms with Crippen LogP contribution in [-0.4, -0.2) is 31.5 Å². The summed E-state index contributed by atoms with van der Waals surface area (Å²) in [7, 11) is 1.66. The maximum Gasteiger partial charge on any atom is 0.263 e. The van der Waals surface area contributed by atoms with Crippen molar-refractivity contribution >= 4 is 46.7 Å². The molecule has 0 radical (unpaired) electrons. The van der Waals surface area contributed by atoms with Crippen LogP contribution in [0.3, 0.4) is 0 Å². The maximum atomic E-state index is 14.2. The number of fused-ring (bicyclic) bond motifs is 1. The number of nitrogens with one attached hydrogen (secondary N) is 1. The summed E-state index contributed by atoms with van der Waals surface area (Å²) in [5, 5.41) is 8.47. The summed E-state index contributed by atoms with van der Waals surface area (Å²) in [5.41, 5.74) is 9.01. The highest BCUT2D eigenvalue weighted by Gasteiger charge is 2.24. The van der Waals surface area contributed by atoms with Gasteiger partial charge in [-0.15, -0.1) is 0 Å². The second kappa shape index (κ2) is 11.7.